The Hall–Kier alpha value is -0.340. The summed E-state index contributed by atoms with van der Waals surface area (Å²) in [6.07, 6.45) is 5.47. The first kappa shape index (κ1) is 11.2. The number of aliphatic hydroxyl groups is 1. The SMILES string of the molecule is Cc1ccc(C2(O)CCCC(C)CC2)s1. The first-order chi connectivity index (χ1) is 7.10. The molecule has 1 fully saturated rings. The molecule has 0 amide bonds. The minimum Gasteiger partial charge on any atom is -0.384 e. The monoisotopic (exact) mass is 224 g/mol. The van der Waals surface area contributed by atoms with Gasteiger partial charge in [0, 0.05) is 9.75 Å². The lowest BCUT2D eigenvalue weighted by Crippen LogP contribution is -2.23. The Kier molecular flexibility index (Phi) is 3.17. The Morgan fingerprint density at radius 2 is 2.13 bits per heavy atom. The summed E-state index contributed by atoms with van der Waals surface area (Å²) in [5.74, 6) is 0.778. The fourth-order valence-electron chi connectivity index (χ4n) is 2.43. The van der Waals surface area contributed by atoms with E-state index in [0.717, 1.165) is 31.6 Å². The Morgan fingerprint density at radius 1 is 1.33 bits per heavy atom. The first-order valence-electron chi connectivity index (χ1n) is 5.89. The number of rotatable bonds is 1. The van der Waals surface area contributed by atoms with E-state index in [-0.39, 0.29) is 0 Å². The maximum Gasteiger partial charge on any atom is 0.0988 e. The molecule has 1 N–H and O–H groups in total. The molecule has 2 rings (SSSR count). The maximum absolute atomic E-state index is 10.7. The summed E-state index contributed by atoms with van der Waals surface area (Å²) >= 11 is 1.75. The zero-order valence-electron chi connectivity index (χ0n) is 9.62. The van der Waals surface area contributed by atoms with Crippen LogP contribution in [0, 0.1) is 12.8 Å². The van der Waals surface area contributed by atoms with Gasteiger partial charge in [0.25, 0.3) is 0 Å². The highest BCUT2D eigenvalue weighted by Crippen LogP contribution is 2.40. The minimum absolute atomic E-state index is 0.524. The molecule has 1 aliphatic carbocycles. The average Bonchev–Trinajstić information content (AvgIpc) is 2.55. The highest BCUT2D eigenvalue weighted by Gasteiger charge is 2.32. The molecular weight excluding hydrogens is 204 g/mol. The van der Waals surface area contributed by atoms with E-state index in [1.54, 1.807) is 11.3 Å². The first-order valence-corrected chi connectivity index (χ1v) is 6.71. The van der Waals surface area contributed by atoms with E-state index in [0.29, 0.717) is 0 Å². The van der Waals surface area contributed by atoms with Crippen LogP contribution in [0.2, 0.25) is 0 Å². The highest BCUT2D eigenvalue weighted by molar-refractivity contribution is 7.12. The molecule has 1 saturated carbocycles. The Bertz CT molecular complexity index is 331. The minimum atomic E-state index is -0.524. The van der Waals surface area contributed by atoms with Crippen LogP contribution in [0.4, 0.5) is 0 Å². The lowest BCUT2D eigenvalue weighted by molar-refractivity contribution is 0.0235. The molecule has 1 nitrogen and oxygen atoms in total. The maximum atomic E-state index is 10.7. The summed E-state index contributed by atoms with van der Waals surface area (Å²) in [5, 5.41) is 10.7. The van der Waals surface area contributed by atoms with Crippen molar-refractivity contribution in [2.24, 2.45) is 5.92 Å². The van der Waals surface area contributed by atoms with Gasteiger partial charge in [0.2, 0.25) is 0 Å². The van der Waals surface area contributed by atoms with E-state index in [1.807, 2.05) is 0 Å². The third kappa shape index (κ3) is 2.43. The van der Waals surface area contributed by atoms with Gasteiger partial charge in [-0.05, 0) is 50.7 Å². The van der Waals surface area contributed by atoms with Crippen LogP contribution >= 0.6 is 11.3 Å². The van der Waals surface area contributed by atoms with Crippen molar-refractivity contribution < 1.29 is 5.11 Å². The molecule has 1 aromatic heterocycles. The number of hydrogen-bond acceptors (Lipinski definition) is 2. The van der Waals surface area contributed by atoms with Gasteiger partial charge in [-0.25, -0.2) is 0 Å². The summed E-state index contributed by atoms with van der Waals surface area (Å²) < 4.78 is 0. The van der Waals surface area contributed by atoms with Crippen LogP contribution in [0.15, 0.2) is 12.1 Å². The second kappa shape index (κ2) is 4.26. The van der Waals surface area contributed by atoms with Gasteiger partial charge >= 0.3 is 0 Å². The summed E-state index contributed by atoms with van der Waals surface area (Å²) in [5.41, 5.74) is -0.524. The van der Waals surface area contributed by atoms with Crippen LogP contribution in [0.1, 0.15) is 48.8 Å². The highest BCUT2D eigenvalue weighted by atomic mass is 32.1. The summed E-state index contributed by atoms with van der Waals surface area (Å²) in [6, 6.07) is 4.22. The number of thiophene rings is 1. The van der Waals surface area contributed by atoms with Crippen LogP contribution in [-0.2, 0) is 5.60 Å². The van der Waals surface area contributed by atoms with E-state index < -0.39 is 5.60 Å². The summed E-state index contributed by atoms with van der Waals surface area (Å²) in [4.78, 5) is 2.48. The van der Waals surface area contributed by atoms with E-state index in [9.17, 15) is 5.11 Å². The molecule has 0 spiro atoms. The van der Waals surface area contributed by atoms with Crippen molar-refractivity contribution in [1.82, 2.24) is 0 Å². The molecule has 1 aliphatic rings. The topological polar surface area (TPSA) is 20.2 Å². The normalized spacial score (nSPS) is 32.6. The summed E-state index contributed by atoms with van der Waals surface area (Å²) in [6.45, 7) is 4.41. The molecule has 2 unspecified atom stereocenters. The zero-order valence-corrected chi connectivity index (χ0v) is 10.4. The molecule has 0 aromatic carbocycles. The molecule has 0 radical (unpaired) electrons. The van der Waals surface area contributed by atoms with Crippen molar-refractivity contribution in [3.8, 4) is 0 Å². The molecule has 84 valence electrons. The van der Waals surface area contributed by atoms with E-state index in [1.165, 1.54) is 16.2 Å². The van der Waals surface area contributed by atoms with Crippen LogP contribution < -0.4 is 0 Å². The van der Waals surface area contributed by atoms with Crippen LogP contribution in [0.3, 0.4) is 0 Å². The van der Waals surface area contributed by atoms with Crippen molar-refractivity contribution in [2.75, 3.05) is 0 Å². The van der Waals surface area contributed by atoms with Crippen molar-refractivity contribution in [1.29, 1.82) is 0 Å². The van der Waals surface area contributed by atoms with Crippen molar-refractivity contribution in [3.05, 3.63) is 21.9 Å². The van der Waals surface area contributed by atoms with Crippen LogP contribution in [0.25, 0.3) is 0 Å². The van der Waals surface area contributed by atoms with Gasteiger partial charge in [-0.3, -0.25) is 0 Å². The lowest BCUT2D eigenvalue weighted by Gasteiger charge is -2.25. The van der Waals surface area contributed by atoms with E-state index in [2.05, 4.69) is 26.0 Å². The van der Waals surface area contributed by atoms with E-state index in [4.69, 9.17) is 0 Å². The zero-order chi connectivity index (χ0) is 10.9. The third-order valence-corrected chi connectivity index (χ3v) is 4.73. The smallest absolute Gasteiger partial charge is 0.0988 e. The van der Waals surface area contributed by atoms with Crippen molar-refractivity contribution in [2.45, 2.75) is 51.6 Å². The molecule has 0 bridgehead atoms. The Labute approximate surface area is 96.1 Å². The lowest BCUT2D eigenvalue weighted by atomic mass is 9.92. The van der Waals surface area contributed by atoms with Crippen LogP contribution in [0.5, 0.6) is 0 Å². The van der Waals surface area contributed by atoms with Gasteiger partial charge in [0.05, 0.1) is 5.60 Å². The molecule has 1 heterocycles. The molecular formula is C13H20OS. The second-order valence-corrected chi connectivity index (χ2v) is 6.27. The molecule has 2 atom stereocenters. The number of aryl methyl sites for hydroxylation is 1. The quantitative estimate of drug-likeness (QED) is 0.718. The Morgan fingerprint density at radius 3 is 2.80 bits per heavy atom. The van der Waals surface area contributed by atoms with E-state index >= 15 is 0 Å². The van der Waals surface area contributed by atoms with Gasteiger partial charge in [0.15, 0.2) is 0 Å². The second-order valence-electron chi connectivity index (χ2n) is 4.98. The molecule has 1 aromatic rings. The van der Waals surface area contributed by atoms with Gasteiger partial charge in [-0.2, -0.15) is 0 Å². The average molecular weight is 224 g/mol. The number of hydrogen-bond donors (Lipinski definition) is 1. The van der Waals surface area contributed by atoms with Crippen LogP contribution in [-0.4, -0.2) is 5.11 Å². The standard InChI is InChI=1S/C13H20OS/c1-10-4-3-8-13(14,9-7-10)12-6-5-11(2)15-12/h5-6,10,14H,3-4,7-9H2,1-2H3. The third-order valence-electron chi connectivity index (χ3n) is 3.54. The van der Waals surface area contributed by atoms with Gasteiger partial charge < -0.3 is 5.11 Å². The molecule has 15 heavy (non-hydrogen) atoms. The molecule has 0 aliphatic heterocycles. The van der Waals surface area contributed by atoms with Crippen molar-refractivity contribution >= 4 is 11.3 Å². The molecule has 2 heteroatoms. The van der Waals surface area contributed by atoms with Gasteiger partial charge in [0.1, 0.15) is 0 Å². The molecule has 0 saturated heterocycles. The largest absolute Gasteiger partial charge is 0.384 e. The summed E-state index contributed by atoms with van der Waals surface area (Å²) in [7, 11) is 0. The fraction of sp³-hybridized carbons (Fsp3) is 0.692. The Balaban J connectivity index is 2.18. The fourth-order valence-corrected chi connectivity index (χ4v) is 3.44. The van der Waals surface area contributed by atoms with Crippen molar-refractivity contribution in [3.63, 3.8) is 0 Å². The van der Waals surface area contributed by atoms with Gasteiger partial charge in [-0.15, -0.1) is 11.3 Å². The van der Waals surface area contributed by atoms with Gasteiger partial charge in [-0.1, -0.05) is 13.3 Å². The predicted molar refractivity (Wildman–Crippen MR) is 65.2 cm³/mol. The predicted octanol–water partition coefficient (Wildman–Crippen LogP) is 3.84.